The van der Waals surface area contributed by atoms with E-state index in [-0.39, 0.29) is 106 Å². The monoisotopic (exact) mass is 726 g/mol. The summed E-state index contributed by atoms with van der Waals surface area (Å²) in [6.45, 7) is 28.8. The zero-order valence-electron chi connectivity index (χ0n) is 27.2. The first-order chi connectivity index (χ1) is 25.0. The van der Waals surface area contributed by atoms with E-state index in [1.54, 1.807) is 24.3 Å². The van der Waals surface area contributed by atoms with E-state index in [1.165, 1.54) is 24.3 Å². The van der Waals surface area contributed by atoms with Gasteiger partial charge in [-0.1, -0.05) is 6.92 Å². The van der Waals surface area contributed by atoms with Gasteiger partial charge in [0.2, 0.25) is 0 Å². The van der Waals surface area contributed by atoms with Crippen molar-refractivity contribution in [3.8, 4) is 47.3 Å². The zero-order chi connectivity index (χ0) is 39.1. The van der Waals surface area contributed by atoms with E-state index in [0.717, 1.165) is 0 Å². The van der Waals surface area contributed by atoms with Crippen molar-refractivity contribution in [1.82, 2.24) is 0 Å². The lowest BCUT2D eigenvalue weighted by atomic mass is 10.1. The van der Waals surface area contributed by atoms with Crippen molar-refractivity contribution in [2.45, 2.75) is 13.3 Å². The van der Waals surface area contributed by atoms with E-state index < -0.39 is 17.0 Å². The van der Waals surface area contributed by atoms with Crippen LogP contribution in [-0.2, 0) is 14.6 Å². The Balaban J connectivity index is 0.000000526. The Morgan fingerprint density at radius 1 is 0.596 bits per heavy atom. The molecule has 0 aliphatic rings. The van der Waals surface area contributed by atoms with Crippen molar-refractivity contribution in [2.75, 3.05) is 46.2 Å². The molecule has 0 bridgehead atoms. The second kappa shape index (κ2) is 22.5. The van der Waals surface area contributed by atoms with Crippen LogP contribution in [0.25, 0.3) is 42.2 Å². The molecule has 0 unspecified atom stereocenters. The average Bonchev–Trinajstić information content (AvgIpc) is 3.14. The summed E-state index contributed by atoms with van der Waals surface area (Å²) in [5.41, 5.74) is -1.17. The van der Waals surface area contributed by atoms with Gasteiger partial charge in [0.1, 0.15) is 49.4 Å². The lowest BCUT2D eigenvalue weighted by Crippen LogP contribution is -2.21. The van der Waals surface area contributed by atoms with Crippen LogP contribution in [0, 0.1) is 71.6 Å². The number of benzene rings is 2. The fourth-order valence-electron chi connectivity index (χ4n) is 3.73. The van der Waals surface area contributed by atoms with Gasteiger partial charge in [0.05, 0.1) is 70.4 Å². The molecule has 2 aromatic carbocycles. The fraction of sp³-hybridized carbons (Fsp3) is 0.273. The highest BCUT2D eigenvalue weighted by atomic mass is 32.3. The molecule has 0 radical (unpaired) electrons. The van der Waals surface area contributed by atoms with Gasteiger partial charge >= 0.3 is 10.4 Å². The van der Waals surface area contributed by atoms with Crippen molar-refractivity contribution in [1.29, 1.82) is 21.0 Å². The van der Waals surface area contributed by atoms with Gasteiger partial charge in [-0.25, -0.2) is 44.6 Å². The summed E-state index contributed by atoms with van der Waals surface area (Å²) in [4.78, 5) is 12.5. The van der Waals surface area contributed by atoms with E-state index >= 15 is 0 Å². The Bertz CT molecular complexity index is 2220. The average molecular weight is 727 g/mol. The molecule has 0 saturated carbocycles. The molecule has 0 amide bonds. The van der Waals surface area contributed by atoms with Gasteiger partial charge in [-0.15, -0.1) is 0 Å². The van der Waals surface area contributed by atoms with Gasteiger partial charge in [-0.3, -0.25) is 4.55 Å². The molecular formula is C33H26N8O10S. The topological polar surface area (TPSA) is 254 Å². The molecule has 0 atom stereocenters. The van der Waals surface area contributed by atoms with E-state index in [1.807, 2.05) is 6.92 Å². The van der Waals surface area contributed by atoms with Crippen molar-refractivity contribution >= 4 is 33.2 Å². The number of hydrogen-bond donors (Lipinski definition) is 3. The van der Waals surface area contributed by atoms with Crippen LogP contribution in [0.4, 0.5) is 0 Å². The molecule has 2 aromatic rings. The molecule has 19 heteroatoms. The molecule has 52 heavy (non-hydrogen) atoms. The standard InChI is InChI=1S/C17H14N4O6S.C16H12N4O4/c1-4-5-25-16-8-13(15(11-19)21-3)17(9-12(16)14(10-18)20-2)26-6-7-27-28(22,23)24;1-19-13(9-17)11-7-16(24-6-4-22)12(14(10-18)20-2)8-15(11)23-5-3-21/h8-9H,4-7H2,1H3,(H,22,23,24);7-8,21-22H,3-6H2/b14-12-,15-13+;13-11-,14-12+. The van der Waals surface area contributed by atoms with Gasteiger partial charge in [0, 0.05) is 20.9 Å². The van der Waals surface area contributed by atoms with Gasteiger partial charge < -0.3 is 29.2 Å². The Labute approximate surface area is 297 Å². The van der Waals surface area contributed by atoms with Crippen LogP contribution in [0.15, 0.2) is 24.3 Å². The Hall–Kier alpha value is -7.17. The molecule has 18 nitrogen and oxygen atoms in total. The minimum absolute atomic E-state index is 0.0430. The van der Waals surface area contributed by atoms with Crippen LogP contribution in [0.2, 0.25) is 0 Å². The van der Waals surface area contributed by atoms with Gasteiger partial charge in [0.15, 0.2) is 0 Å². The molecule has 0 spiro atoms. The molecule has 264 valence electrons. The van der Waals surface area contributed by atoms with Crippen LogP contribution < -0.4 is 39.8 Å². The minimum Gasteiger partial charge on any atom is -0.494 e. The van der Waals surface area contributed by atoms with Crippen molar-refractivity contribution in [3.05, 3.63) is 90.8 Å². The quantitative estimate of drug-likeness (QED) is 0.135. The molecule has 0 saturated heterocycles. The Morgan fingerprint density at radius 3 is 1.12 bits per heavy atom. The number of rotatable bonds is 14. The number of aliphatic hydroxyl groups excluding tert-OH is 2. The van der Waals surface area contributed by atoms with Crippen molar-refractivity contribution in [2.24, 2.45) is 0 Å². The predicted octanol–water partition coefficient (Wildman–Crippen LogP) is 0.307. The molecule has 0 aliphatic carbocycles. The summed E-state index contributed by atoms with van der Waals surface area (Å²) in [5, 5.41) is 54.7. The molecular weight excluding hydrogens is 700 g/mol. The lowest BCUT2D eigenvalue weighted by molar-refractivity contribution is 0.196. The van der Waals surface area contributed by atoms with Crippen LogP contribution >= 0.6 is 0 Å². The maximum absolute atomic E-state index is 10.6. The maximum Gasteiger partial charge on any atom is 0.397 e. The molecule has 2 rings (SSSR count). The minimum atomic E-state index is -4.65. The summed E-state index contributed by atoms with van der Waals surface area (Å²) in [7, 11) is -4.65. The van der Waals surface area contributed by atoms with E-state index in [0.29, 0.717) is 6.42 Å². The predicted molar refractivity (Wildman–Crippen MR) is 178 cm³/mol. The van der Waals surface area contributed by atoms with Crippen molar-refractivity contribution in [3.63, 3.8) is 0 Å². The molecule has 3 N–H and O–H groups in total. The highest BCUT2D eigenvalue weighted by Crippen LogP contribution is 2.14. The first kappa shape index (κ1) is 42.9. The number of nitriles is 4. The third-order valence-corrected chi connectivity index (χ3v) is 6.25. The first-order valence-corrected chi connectivity index (χ1v) is 15.6. The maximum atomic E-state index is 10.6. The summed E-state index contributed by atoms with van der Waals surface area (Å²) in [6, 6.07) is 12.1. The summed E-state index contributed by atoms with van der Waals surface area (Å²) < 4.78 is 55.4. The second-order valence-corrected chi connectivity index (χ2v) is 10.2. The van der Waals surface area contributed by atoms with Crippen LogP contribution in [0.3, 0.4) is 0 Å². The van der Waals surface area contributed by atoms with Gasteiger partial charge in [0.25, 0.3) is 22.8 Å². The third-order valence-electron chi connectivity index (χ3n) is 5.79. The van der Waals surface area contributed by atoms with Crippen LogP contribution in [0.1, 0.15) is 13.3 Å². The molecule has 0 fully saturated rings. The van der Waals surface area contributed by atoms with Crippen LogP contribution in [0.5, 0.6) is 23.0 Å². The van der Waals surface area contributed by atoms with E-state index in [2.05, 4.69) is 23.6 Å². The fourth-order valence-corrected chi connectivity index (χ4v) is 4.01. The number of hydrogen-bond acceptors (Lipinski definition) is 13. The second-order valence-electron chi connectivity index (χ2n) is 9.07. The zero-order valence-corrected chi connectivity index (χ0v) is 28.0. The normalized spacial score (nSPS) is 12.2. The van der Waals surface area contributed by atoms with E-state index in [4.69, 9.17) is 70.5 Å². The Kier molecular flexibility index (Phi) is 18.5. The summed E-state index contributed by atoms with van der Waals surface area (Å²) in [5.74, 6) is 0.211. The van der Waals surface area contributed by atoms with Crippen LogP contribution in [-0.4, -0.2) is 69.4 Å². The number of aliphatic hydroxyl groups is 2. The SMILES string of the molecule is [C-]#[N+]/C(C#N)=c1/cc(OCCO)/c(=C(\C#N)[N+]#[C-])cc1OCCO.[C-]#[N+]/C(C#N)=c1/cc(OCCOS(=O)(=O)O)/c(=C(\C#N)[N+]#[C-])cc1OCCC. The lowest BCUT2D eigenvalue weighted by Gasteiger charge is -2.11. The number of ether oxygens (including phenoxy) is 4. The third kappa shape index (κ3) is 12.7. The molecule has 0 heterocycles. The molecule has 0 aromatic heterocycles. The molecule has 0 aliphatic heterocycles. The number of nitrogens with zero attached hydrogens (tertiary/aromatic N) is 8. The highest BCUT2D eigenvalue weighted by molar-refractivity contribution is 7.80. The van der Waals surface area contributed by atoms with Crippen molar-refractivity contribution < 1.29 is 46.3 Å². The van der Waals surface area contributed by atoms with Gasteiger partial charge in [-0.05, 0) is 30.7 Å². The Morgan fingerprint density at radius 2 is 0.885 bits per heavy atom. The van der Waals surface area contributed by atoms with Gasteiger partial charge in [-0.2, -0.15) is 8.42 Å². The van der Waals surface area contributed by atoms with E-state index in [9.17, 15) is 18.9 Å². The summed E-state index contributed by atoms with van der Waals surface area (Å²) in [6.07, 6.45) is 0.636. The largest absolute Gasteiger partial charge is 0.494 e. The smallest absolute Gasteiger partial charge is 0.397 e. The first-order valence-electron chi connectivity index (χ1n) is 14.3. The highest BCUT2D eigenvalue weighted by Gasteiger charge is 2.13. The summed E-state index contributed by atoms with van der Waals surface area (Å²) >= 11 is 0.